The highest BCUT2D eigenvalue weighted by Gasteiger charge is 2.32. The number of carbonyl (C=O) groups excluding carboxylic acids is 1. The lowest BCUT2D eigenvalue weighted by molar-refractivity contribution is 0.0963. The van der Waals surface area contributed by atoms with Crippen LogP contribution in [0.3, 0.4) is 0 Å². The predicted molar refractivity (Wildman–Crippen MR) is 99.7 cm³/mol. The van der Waals surface area contributed by atoms with E-state index in [-0.39, 0.29) is 18.8 Å². The van der Waals surface area contributed by atoms with Gasteiger partial charge in [-0.15, -0.1) is 5.10 Å². The first-order valence-electron chi connectivity index (χ1n) is 8.57. The number of hydrazone groups is 1. The quantitative estimate of drug-likeness (QED) is 0.550. The van der Waals surface area contributed by atoms with Gasteiger partial charge < -0.3 is 20.2 Å². The molecular weight excluding hydrogens is 371 g/mol. The van der Waals surface area contributed by atoms with Crippen LogP contribution in [0.25, 0.3) is 0 Å². The third-order valence-electron chi connectivity index (χ3n) is 4.50. The molecule has 2 aliphatic heterocycles. The predicted octanol–water partition coefficient (Wildman–Crippen LogP) is 0.513. The Balaban J connectivity index is 1.44. The Kier molecular flexibility index (Phi) is 4.47. The number of nitrogens with zero attached hydrogens (tertiary/aromatic N) is 5. The molecule has 148 valence electrons. The van der Waals surface area contributed by atoms with E-state index >= 15 is 0 Å². The van der Waals surface area contributed by atoms with E-state index in [4.69, 9.17) is 15.3 Å². The van der Waals surface area contributed by atoms with Crippen LogP contribution in [0, 0.1) is 11.2 Å². The van der Waals surface area contributed by atoms with E-state index in [0.29, 0.717) is 36.1 Å². The van der Waals surface area contributed by atoms with Crippen LogP contribution < -0.4 is 15.2 Å². The first kappa shape index (κ1) is 18.0. The van der Waals surface area contributed by atoms with Crippen LogP contribution in [-0.2, 0) is 11.8 Å². The maximum atomic E-state index is 14.4. The van der Waals surface area contributed by atoms with Gasteiger partial charge in [-0.1, -0.05) is 0 Å². The molecule has 28 heavy (non-hydrogen) atoms. The van der Waals surface area contributed by atoms with Gasteiger partial charge in [-0.3, -0.25) is 10.3 Å². The second-order valence-electron chi connectivity index (χ2n) is 6.53. The zero-order chi connectivity index (χ0) is 19.8. The zero-order valence-electron chi connectivity index (χ0n) is 15.0. The average molecular weight is 390 g/mol. The van der Waals surface area contributed by atoms with E-state index in [2.05, 4.69) is 20.7 Å². The van der Waals surface area contributed by atoms with Crippen LogP contribution in [0.5, 0.6) is 0 Å². The summed E-state index contributed by atoms with van der Waals surface area (Å²) in [6.07, 6.45) is -1.25. The minimum atomic E-state index is -0.628. The highest BCUT2D eigenvalue weighted by Crippen LogP contribution is 2.26. The minimum absolute atomic E-state index is 0.118. The van der Waals surface area contributed by atoms with Gasteiger partial charge in [-0.05, 0) is 18.2 Å². The molecule has 0 aliphatic carbocycles. The third-order valence-corrected chi connectivity index (χ3v) is 4.50. The number of halogens is 1. The first-order valence-corrected chi connectivity index (χ1v) is 8.57. The number of benzene rings is 1. The maximum absolute atomic E-state index is 14.4. The van der Waals surface area contributed by atoms with Crippen molar-refractivity contribution in [2.75, 3.05) is 41.5 Å². The number of H-pyrrole nitrogens is 1. The van der Waals surface area contributed by atoms with Crippen LogP contribution in [0.1, 0.15) is 0 Å². The van der Waals surface area contributed by atoms with Gasteiger partial charge in [0.15, 0.2) is 0 Å². The van der Waals surface area contributed by atoms with E-state index in [1.165, 1.54) is 17.0 Å². The van der Waals surface area contributed by atoms with E-state index in [0.717, 1.165) is 0 Å². The average Bonchev–Trinajstić information content (AvgIpc) is 3.20. The van der Waals surface area contributed by atoms with Gasteiger partial charge in [-0.2, -0.15) is 5.10 Å². The third kappa shape index (κ3) is 3.29. The molecule has 0 saturated carbocycles. The Morgan fingerprint density at radius 3 is 2.93 bits per heavy atom. The number of nitrogens with one attached hydrogen (secondary N) is 3. The second kappa shape index (κ2) is 6.96. The smallest absolute Gasteiger partial charge is 0.414 e. The molecule has 2 fully saturated rings. The topological polar surface area (TPSA) is 135 Å². The minimum Gasteiger partial charge on any atom is -0.441 e. The summed E-state index contributed by atoms with van der Waals surface area (Å²) in [7, 11) is 1.76. The molecular formula is C16H19FN8O3. The number of aromatic amines is 1. The van der Waals surface area contributed by atoms with Crippen molar-refractivity contribution in [1.82, 2.24) is 15.0 Å². The van der Waals surface area contributed by atoms with Crippen molar-refractivity contribution in [2.24, 2.45) is 12.1 Å². The van der Waals surface area contributed by atoms with Crippen molar-refractivity contribution in [2.45, 2.75) is 6.10 Å². The van der Waals surface area contributed by atoms with Crippen molar-refractivity contribution < 1.29 is 19.0 Å². The van der Waals surface area contributed by atoms with Gasteiger partial charge in [-0.25, -0.2) is 19.1 Å². The Hall–Kier alpha value is -3.41. The highest BCUT2D eigenvalue weighted by atomic mass is 19.1. The molecule has 1 atom stereocenters. The van der Waals surface area contributed by atoms with Gasteiger partial charge >= 0.3 is 6.09 Å². The van der Waals surface area contributed by atoms with Gasteiger partial charge in [0.2, 0.25) is 5.95 Å². The number of aliphatic hydroxyl groups is 1. The number of aromatic nitrogens is 3. The number of aryl methyl sites for hydroxylation is 1. The van der Waals surface area contributed by atoms with Crippen molar-refractivity contribution in [3.63, 3.8) is 0 Å². The Labute approximate surface area is 158 Å². The lowest BCUT2D eigenvalue weighted by Crippen LogP contribution is -2.28. The monoisotopic (exact) mass is 390 g/mol. The molecule has 12 heteroatoms. The normalized spacial score (nSPS) is 21.1. The molecule has 4 N–H and O–H groups in total. The fraction of sp³-hybridized carbons (Fsp3) is 0.375. The van der Waals surface area contributed by atoms with Crippen LogP contribution in [0.4, 0.5) is 26.5 Å². The second-order valence-corrected chi connectivity index (χ2v) is 6.53. The number of anilines is 3. The van der Waals surface area contributed by atoms with Gasteiger partial charge in [0.05, 0.1) is 43.3 Å². The number of hydrogen-bond donors (Lipinski definition) is 4. The summed E-state index contributed by atoms with van der Waals surface area (Å²) in [5.41, 5.74) is 3.89. The number of rotatable bonds is 5. The Morgan fingerprint density at radius 1 is 1.50 bits per heavy atom. The lowest BCUT2D eigenvalue weighted by atomic mass is 10.2. The summed E-state index contributed by atoms with van der Waals surface area (Å²) >= 11 is 0. The summed E-state index contributed by atoms with van der Waals surface area (Å²) in [6, 6.07) is 4.21. The summed E-state index contributed by atoms with van der Waals surface area (Å²) in [4.78, 5) is 16.5. The Morgan fingerprint density at radius 2 is 2.29 bits per heavy atom. The summed E-state index contributed by atoms with van der Waals surface area (Å²) < 4.78 is 19.4. The molecule has 0 unspecified atom stereocenters. The van der Waals surface area contributed by atoms with E-state index in [9.17, 15) is 9.18 Å². The molecule has 4 rings (SSSR count). The van der Waals surface area contributed by atoms with Crippen LogP contribution >= 0.6 is 0 Å². The molecule has 0 spiro atoms. The molecule has 1 aromatic heterocycles. The molecule has 3 heterocycles. The zero-order valence-corrected chi connectivity index (χ0v) is 15.0. The number of ether oxygens (including phenoxy) is 1. The van der Waals surface area contributed by atoms with E-state index in [1.807, 2.05) is 4.90 Å². The SMILES string of the molecule is Cn1nc(N2CC(=N)/C(=N\Nc3ccc(N4C[C@H](CO)OC4=O)cc3F)C2)[nH]1. The maximum Gasteiger partial charge on any atom is 0.414 e. The van der Waals surface area contributed by atoms with Gasteiger partial charge in [0.25, 0.3) is 0 Å². The molecule has 1 aromatic carbocycles. The number of hydrogen-bond acceptors (Lipinski definition) is 8. The van der Waals surface area contributed by atoms with Crippen LogP contribution in [0.15, 0.2) is 23.3 Å². The fourth-order valence-corrected chi connectivity index (χ4v) is 3.01. The Bertz CT molecular complexity index is 940. The lowest BCUT2D eigenvalue weighted by Gasteiger charge is -2.18. The van der Waals surface area contributed by atoms with E-state index in [1.54, 1.807) is 17.9 Å². The van der Waals surface area contributed by atoms with Crippen molar-refractivity contribution >= 4 is 34.8 Å². The largest absolute Gasteiger partial charge is 0.441 e. The molecule has 0 bridgehead atoms. The first-order chi connectivity index (χ1) is 13.4. The van der Waals surface area contributed by atoms with Crippen molar-refractivity contribution in [3.8, 4) is 0 Å². The van der Waals surface area contributed by atoms with Crippen LogP contribution in [0.2, 0.25) is 0 Å². The van der Waals surface area contributed by atoms with Crippen molar-refractivity contribution in [3.05, 3.63) is 24.0 Å². The molecule has 2 aromatic rings. The van der Waals surface area contributed by atoms with Crippen molar-refractivity contribution in [1.29, 1.82) is 5.41 Å². The number of carbonyl (C=O) groups is 1. The summed E-state index contributed by atoms with van der Waals surface area (Å²) in [6.45, 7) is 0.616. The molecule has 2 aliphatic rings. The standard InChI is InChI=1S/C16H19FN8O3/c1-23-21-15(22-23)24-6-12(18)14(7-24)20-19-13-3-2-9(4-11(13)17)25-5-10(8-26)28-16(25)27/h2-4,10,18-19,26H,5-8H2,1H3,(H,21,22)/b18-12?,20-14-/t10-/m1/s1. The number of amides is 1. The fourth-order valence-electron chi connectivity index (χ4n) is 3.01. The number of cyclic esters (lactones) is 1. The molecule has 11 nitrogen and oxygen atoms in total. The molecule has 0 radical (unpaired) electrons. The number of aliphatic hydroxyl groups excluding tert-OH is 1. The van der Waals surface area contributed by atoms with Crippen LogP contribution in [-0.4, -0.2) is 70.0 Å². The van der Waals surface area contributed by atoms with Gasteiger partial charge in [0, 0.05) is 7.05 Å². The highest BCUT2D eigenvalue weighted by molar-refractivity contribution is 6.46. The summed E-state index contributed by atoms with van der Waals surface area (Å²) in [5, 5.41) is 28.4. The molecule has 1 amide bonds. The molecule has 2 saturated heterocycles. The summed E-state index contributed by atoms with van der Waals surface area (Å²) in [5.74, 6) is 0.0572. The van der Waals surface area contributed by atoms with E-state index < -0.39 is 18.0 Å². The van der Waals surface area contributed by atoms with Gasteiger partial charge in [0.1, 0.15) is 17.6 Å².